The number of benzene rings is 2. The molecule has 3 heteroatoms. The van der Waals surface area contributed by atoms with Crippen LogP contribution in [0.25, 0.3) is 22.2 Å². The van der Waals surface area contributed by atoms with Gasteiger partial charge >= 0.3 is 0 Å². The molecule has 1 heterocycles. The number of aromatic amines is 1. The molecule has 2 nitrogen and oxygen atoms in total. The van der Waals surface area contributed by atoms with Crippen LogP contribution in [0.4, 0.5) is 4.39 Å². The van der Waals surface area contributed by atoms with Gasteiger partial charge in [0.05, 0.1) is 6.54 Å². The van der Waals surface area contributed by atoms with Gasteiger partial charge in [-0.1, -0.05) is 18.2 Å². The van der Waals surface area contributed by atoms with Crippen LogP contribution >= 0.6 is 0 Å². The van der Waals surface area contributed by atoms with Crippen LogP contribution in [0.1, 0.15) is 5.56 Å². The van der Waals surface area contributed by atoms with E-state index in [2.05, 4.69) is 22.9 Å². The quantitative estimate of drug-likeness (QED) is 0.723. The summed E-state index contributed by atoms with van der Waals surface area (Å²) in [6, 6.07) is 14.8. The Morgan fingerprint density at radius 2 is 1.74 bits per heavy atom. The molecule has 0 amide bonds. The third-order valence-corrected chi connectivity index (χ3v) is 3.37. The molecule has 96 valence electrons. The van der Waals surface area contributed by atoms with Crippen molar-refractivity contribution in [3.8, 4) is 11.3 Å². The second-order valence-electron chi connectivity index (χ2n) is 4.63. The molecule has 2 aromatic carbocycles. The van der Waals surface area contributed by atoms with Gasteiger partial charge in [-0.05, 0) is 41.5 Å². The number of fused-ring (bicyclic) bond motifs is 1. The fourth-order valence-electron chi connectivity index (χ4n) is 2.50. The molecular formula is C16H16FN2+. The molecule has 0 spiro atoms. The number of nitrogens with one attached hydrogen (secondary N) is 1. The first kappa shape index (κ1) is 11.9. The average Bonchev–Trinajstić information content (AvgIpc) is 2.79. The normalized spacial score (nSPS) is 11.1. The first-order valence-corrected chi connectivity index (χ1v) is 6.44. The smallest absolute Gasteiger partial charge is 0.123 e. The summed E-state index contributed by atoms with van der Waals surface area (Å²) in [6.45, 7) is 0.843. The number of rotatable bonds is 3. The largest absolute Gasteiger partial charge is 0.357 e. The summed E-state index contributed by atoms with van der Waals surface area (Å²) in [6.07, 6.45) is 0.913. The van der Waals surface area contributed by atoms with Crippen molar-refractivity contribution in [3.05, 3.63) is 59.9 Å². The van der Waals surface area contributed by atoms with Gasteiger partial charge in [0, 0.05) is 23.0 Å². The van der Waals surface area contributed by atoms with Crippen molar-refractivity contribution in [2.75, 3.05) is 6.54 Å². The van der Waals surface area contributed by atoms with E-state index >= 15 is 0 Å². The maximum Gasteiger partial charge on any atom is 0.123 e. The Morgan fingerprint density at radius 1 is 1.00 bits per heavy atom. The highest BCUT2D eigenvalue weighted by Gasteiger charge is 2.12. The summed E-state index contributed by atoms with van der Waals surface area (Å²) < 4.78 is 13.0. The number of quaternary nitrogens is 1. The van der Waals surface area contributed by atoms with E-state index in [1.54, 1.807) is 0 Å². The van der Waals surface area contributed by atoms with Crippen LogP contribution in [0.3, 0.4) is 0 Å². The summed E-state index contributed by atoms with van der Waals surface area (Å²) in [5.74, 6) is -0.210. The first-order valence-electron chi connectivity index (χ1n) is 6.44. The lowest BCUT2D eigenvalue weighted by atomic mass is 10.0. The SMILES string of the molecule is [NH3+]CCc1c(-c2ccc(F)cc2)[nH]c2ccccc12. The van der Waals surface area contributed by atoms with Gasteiger partial charge in [-0.3, -0.25) is 0 Å². The average molecular weight is 255 g/mol. The Hall–Kier alpha value is -2.13. The highest BCUT2D eigenvalue weighted by Crippen LogP contribution is 2.30. The molecule has 0 saturated carbocycles. The molecule has 3 aromatic rings. The number of hydrogen-bond acceptors (Lipinski definition) is 0. The van der Waals surface area contributed by atoms with E-state index < -0.39 is 0 Å². The Labute approximate surface area is 111 Å². The van der Waals surface area contributed by atoms with Gasteiger partial charge in [-0.15, -0.1) is 0 Å². The fraction of sp³-hybridized carbons (Fsp3) is 0.125. The summed E-state index contributed by atoms with van der Waals surface area (Å²) in [5.41, 5.74) is 8.41. The van der Waals surface area contributed by atoms with E-state index in [0.29, 0.717) is 0 Å². The third-order valence-electron chi connectivity index (χ3n) is 3.37. The fourth-order valence-corrected chi connectivity index (χ4v) is 2.50. The Morgan fingerprint density at radius 3 is 2.47 bits per heavy atom. The molecule has 4 N–H and O–H groups in total. The second-order valence-corrected chi connectivity index (χ2v) is 4.63. The predicted molar refractivity (Wildman–Crippen MR) is 75.2 cm³/mol. The van der Waals surface area contributed by atoms with E-state index in [1.807, 2.05) is 24.3 Å². The van der Waals surface area contributed by atoms with Crippen molar-refractivity contribution in [1.82, 2.24) is 4.98 Å². The van der Waals surface area contributed by atoms with E-state index in [0.717, 1.165) is 29.7 Å². The minimum absolute atomic E-state index is 0.210. The van der Waals surface area contributed by atoms with Crippen molar-refractivity contribution in [1.29, 1.82) is 0 Å². The molecule has 0 unspecified atom stereocenters. The number of para-hydroxylation sites is 1. The highest BCUT2D eigenvalue weighted by atomic mass is 19.1. The number of aromatic nitrogens is 1. The minimum Gasteiger partial charge on any atom is -0.357 e. The van der Waals surface area contributed by atoms with E-state index in [1.165, 1.54) is 23.1 Å². The molecular weight excluding hydrogens is 239 g/mol. The molecule has 0 fully saturated rings. The van der Waals surface area contributed by atoms with Crippen molar-refractivity contribution in [2.24, 2.45) is 0 Å². The van der Waals surface area contributed by atoms with Crippen LogP contribution in [0.15, 0.2) is 48.5 Å². The van der Waals surface area contributed by atoms with E-state index in [4.69, 9.17) is 0 Å². The molecule has 0 radical (unpaired) electrons. The first-order chi connectivity index (χ1) is 9.29. The third kappa shape index (κ3) is 2.13. The topological polar surface area (TPSA) is 43.4 Å². The molecule has 0 aliphatic carbocycles. The molecule has 0 bridgehead atoms. The summed E-state index contributed by atoms with van der Waals surface area (Å²) in [7, 11) is 0. The molecule has 3 rings (SSSR count). The molecule has 19 heavy (non-hydrogen) atoms. The standard InChI is InChI=1S/C16H15FN2/c17-12-7-5-11(6-8-12)16-14(9-10-18)13-3-1-2-4-15(13)19-16/h1-8,19H,9-10,18H2/p+1. The van der Waals surface area contributed by atoms with Gasteiger partial charge in [0.15, 0.2) is 0 Å². The lowest BCUT2D eigenvalue weighted by Crippen LogP contribution is -2.51. The monoisotopic (exact) mass is 255 g/mol. The predicted octanol–water partition coefficient (Wildman–Crippen LogP) is 2.76. The molecule has 0 aliphatic heterocycles. The van der Waals surface area contributed by atoms with Crippen LogP contribution in [-0.2, 0) is 6.42 Å². The summed E-state index contributed by atoms with van der Waals surface area (Å²) in [5, 5.41) is 1.23. The van der Waals surface area contributed by atoms with Crippen molar-refractivity contribution in [2.45, 2.75) is 6.42 Å². The zero-order valence-electron chi connectivity index (χ0n) is 10.6. The van der Waals surface area contributed by atoms with Gasteiger partial charge in [0.2, 0.25) is 0 Å². The van der Waals surface area contributed by atoms with Crippen LogP contribution in [-0.4, -0.2) is 11.5 Å². The highest BCUT2D eigenvalue weighted by molar-refractivity contribution is 5.90. The van der Waals surface area contributed by atoms with E-state index in [9.17, 15) is 4.39 Å². The van der Waals surface area contributed by atoms with Crippen LogP contribution in [0, 0.1) is 5.82 Å². The maximum absolute atomic E-state index is 13.0. The number of hydrogen-bond donors (Lipinski definition) is 2. The van der Waals surface area contributed by atoms with Gasteiger partial charge in [0.25, 0.3) is 0 Å². The van der Waals surface area contributed by atoms with Crippen molar-refractivity contribution < 1.29 is 10.1 Å². The van der Waals surface area contributed by atoms with Crippen LogP contribution in [0.2, 0.25) is 0 Å². The molecule has 0 aliphatic rings. The Balaban J connectivity index is 2.21. The van der Waals surface area contributed by atoms with Gasteiger partial charge < -0.3 is 10.7 Å². The van der Waals surface area contributed by atoms with Crippen LogP contribution in [0.5, 0.6) is 0 Å². The van der Waals surface area contributed by atoms with Gasteiger partial charge in [0.1, 0.15) is 5.82 Å². The maximum atomic E-state index is 13.0. The van der Waals surface area contributed by atoms with Crippen molar-refractivity contribution in [3.63, 3.8) is 0 Å². The lowest BCUT2D eigenvalue weighted by Gasteiger charge is -2.03. The van der Waals surface area contributed by atoms with Crippen LogP contribution < -0.4 is 5.73 Å². The molecule has 1 aromatic heterocycles. The minimum atomic E-state index is -0.210. The van der Waals surface area contributed by atoms with Gasteiger partial charge in [-0.2, -0.15) is 0 Å². The van der Waals surface area contributed by atoms with E-state index in [-0.39, 0.29) is 5.82 Å². The van der Waals surface area contributed by atoms with Crippen molar-refractivity contribution >= 4 is 10.9 Å². The summed E-state index contributed by atoms with van der Waals surface area (Å²) in [4.78, 5) is 3.43. The Kier molecular flexibility index (Phi) is 3.05. The van der Waals surface area contributed by atoms with Gasteiger partial charge in [-0.25, -0.2) is 4.39 Å². The number of halogens is 1. The molecule has 0 atom stereocenters. The number of H-pyrrole nitrogens is 1. The second kappa shape index (κ2) is 4.86. The zero-order chi connectivity index (χ0) is 13.2. The summed E-state index contributed by atoms with van der Waals surface area (Å²) >= 11 is 0. The Bertz CT molecular complexity index is 698. The molecule has 0 saturated heterocycles. The zero-order valence-corrected chi connectivity index (χ0v) is 10.6. The lowest BCUT2D eigenvalue weighted by molar-refractivity contribution is -0.366.